The SMILES string of the molecule is CCOc1ccc(C(=O)NN=Cc2cc(Br)ccc2O)cc1. The van der Waals surface area contributed by atoms with Crippen LogP contribution in [0.1, 0.15) is 22.8 Å². The highest BCUT2D eigenvalue weighted by molar-refractivity contribution is 9.10. The van der Waals surface area contributed by atoms with Gasteiger partial charge in [-0.05, 0) is 49.4 Å². The Hall–Kier alpha value is -2.34. The highest BCUT2D eigenvalue weighted by Gasteiger charge is 2.04. The van der Waals surface area contributed by atoms with Crippen molar-refractivity contribution in [3.63, 3.8) is 0 Å². The first kappa shape index (κ1) is 16.0. The van der Waals surface area contributed by atoms with Crippen LogP contribution in [0.2, 0.25) is 0 Å². The maximum Gasteiger partial charge on any atom is 0.271 e. The molecule has 0 saturated carbocycles. The number of phenolic OH excluding ortho intramolecular Hbond substituents is 1. The van der Waals surface area contributed by atoms with E-state index < -0.39 is 0 Å². The number of nitrogens with one attached hydrogen (secondary N) is 1. The predicted octanol–water partition coefficient (Wildman–Crippen LogP) is 3.32. The van der Waals surface area contributed by atoms with Gasteiger partial charge in [0.1, 0.15) is 11.5 Å². The van der Waals surface area contributed by atoms with Crippen LogP contribution in [0.4, 0.5) is 0 Å². The van der Waals surface area contributed by atoms with Crippen molar-refractivity contribution in [3.8, 4) is 11.5 Å². The summed E-state index contributed by atoms with van der Waals surface area (Å²) in [7, 11) is 0. The monoisotopic (exact) mass is 362 g/mol. The molecule has 1 amide bonds. The molecule has 0 spiro atoms. The molecule has 0 bridgehead atoms. The molecule has 0 saturated heterocycles. The summed E-state index contributed by atoms with van der Waals surface area (Å²) in [4.78, 5) is 11.9. The fourth-order valence-corrected chi connectivity index (χ4v) is 2.10. The minimum atomic E-state index is -0.339. The van der Waals surface area contributed by atoms with Gasteiger partial charge < -0.3 is 9.84 Å². The van der Waals surface area contributed by atoms with Crippen molar-refractivity contribution >= 4 is 28.1 Å². The van der Waals surface area contributed by atoms with Gasteiger partial charge in [-0.1, -0.05) is 15.9 Å². The Morgan fingerprint density at radius 2 is 2.05 bits per heavy atom. The van der Waals surface area contributed by atoms with Crippen LogP contribution in [0.3, 0.4) is 0 Å². The molecular weight excluding hydrogens is 348 g/mol. The van der Waals surface area contributed by atoms with Crippen LogP contribution < -0.4 is 10.2 Å². The number of hydrogen-bond donors (Lipinski definition) is 2. The number of hydrazone groups is 1. The summed E-state index contributed by atoms with van der Waals surface area (Å²) in [6, 6.07) is 11.7. The second-order valence-electron chi connectivity index (χ2n) is 4.36. The molecule has 0 atom stereocenters. The molecule has 22 heavy (non-hydrogen) atoms. The number of phenols is 1. The van der Waals surface area contributed by atoms with E-state index in [1.165, 1.54) is 6.21 Å². The Labute approximate surface area is 136 Å². The van der Waals surface area contributed by atoms with E-state index in [0.29, 0.717) is 23.5 Å². The molecule has 0 radical (unpaired) electrons. The van der Waals surface area contributed by atoms with Crippen molar-refractivity contribution < 1.29 is 14.6 Å². The average molecular weight is 363 g/mol. The summed E-state index contributed by atoms with van der Waals surface area (Å²) in [6.45, 7) is 2.47. The van der Waals surface area contributed by atoms with Crippen molar-refractivity contribution in [2.45, 2.75) is 6.92 Å². The number of carbonyl (C=O) groups excluding carboxylic acids is 1. The molecule has 2 N–H and O–H groups in total. The normalized spacial score (nSPS) is 10.6. The van der Waals surface area contributed by atoms with Gasteiger partial charge in [0.15, 0.2) is 0 Å². The van der Waals surface area contributed by atoms with E-state index in [4.69, 9.17) is 4.74 Å². The van der Waals surface area contributed by atoms with Crippen molar-refractivity contribution in [3.05, 3.63) is 58.1 Å². The zero-order valence-electron chi connectivity index (χ0n) is 11.9. The second-order valence-corrected chi connectivity index (χ2v) is 5.28. The predicted molar refractivity (Wildman–Crippen MR) is 88.5 cm³/mol. The average Bonchev–Trinajstić information content (AvgIpc) is 2.51. The number of nitrogens with zero attached hydrogens (tertiary/aromatic N) is 1. The lowest BCUT2D eigenvalue weighted by Gasteiger charge is -2.04. The molecule has 2 aromatic rings. The quantitative estimate of drug-likeness (QED) is 0.633. The third-order valence-electron chi connectivity index (χ3n) is 2.79. The van der Waals surface area contributed by atoms with Crippen LogP contribution in [-0.4, -0.2) is 23.8 Å². The highest BCUT2D eigenvalue weighted by atomic mass is 79.9. The topological polar surface area (TPSA) is 70.9 Å². The lowest BCUT2D eigenvalue weighted by Crippen LogP contribution is -2.17. The number of aromatic hydroxyl groups is 1. The molecular formula is C16H15BrN2O3. The molecule has 2 aromatic carbocycles. The summed E-state index contributed by atoms with van der Waals surface area (Å²) in [5.41, 5.74) is 3.38. The lowest BCUT2D eigenvalue weighted by atomic mass is 10.2. The van der Waals surface area contributed by atoms with Crippen LogP contribution in [0, 0.1) is 0 Å². The van der Waals surface area contributed by atoms with Crippen LogP contribution >= 0.6 is 15.9 Å². The molecule has 6 heteroatoms. The zero-order valence-corrected chi connectivity index (χ0v) is 13.5. The van der Waals surface area contributed by atoms with Gasteiger partial charge in [0.05, 0.1) is 12.8 Å². The molecule has 0 aromatic heterocycles. The van der Waals surface area contributed by atoms with Gasteiger partial charge in [-0.25, -0.2) is 5.43 Å². The summed E-state index contributed by atoms with van der Waals surface area (Å²) < 4.78 is 6.12. The second kappa shape index (κ2) is 7.61. The molecule has 0 unspecified atom stereocenters. The van der Waals surface area contributed by atoms with E-state index in [-0.39, 0.29) is 11.7 Å². The summed E-state index contributed by atoms with van der Waals surface area (Å²) in [5, 5.41) is 13.5. The van der Waals surface area contributed by atoms with E-state index in [9.17, 15) is 9.90 Å². The number of amides is 1. The van der Waals surface area contributed by atoms with Crippen LogP contribution in [0.15, 0.2) is 52.0 Å². The van der Waals surface area contributed by atoms with Gasteiger partial charge in [0, 0.05) is 15.6 Å². The largest absolute Gasteiger partial charge is 0.507 e. The first-order chi connectivity index (χ1) is 10.6. The van der Waals surface area contributed by atoms with Crippen LogP contribution in [-0.2, 0) is 0 Å². The van der Waals surface area contributed by atoms with Gasteiger partial charge in [0.25, 0.3) is 5.91 Å². The van der Waals surface area contributed by atoms with Gasteiger partial charge in [-0.2, -0.15) is 5.10 Å². The first-order valence-corrected chi connectivity index (χ1v) is 7.44. The fraction of sp³-hybridized carbons (Fsp3) is 0.125. The van der Waals surface area contributed by atoms with Crippen LogP contribution in [0.5, 0.6) is 11.5 Å². The Balaban J connectivity index is 2.00. The van der Waals surface area contributed by atoms with E-state index in [0.717, 1.165) is 4.47 Å². The summed E-state index contributed by atoms with van der Waals surface area (Å²) >= 11 is 3.30. The Kier molecular flexibility index (Phi) is 5.55. The molecule has 0 aliphatic rings. The number of benzene rings is 2. The molecule has 114 valence electrons. The van der Waals surface area contributed by atoms with E-state index >= 15 is 0 Å². The zero-order chi connectivity index (χ0) is 15.9. The number of halogens is 1. The molecule has 0 fully saturated rings. The minimum absolute atomic E-state index is 0.0854. The van der Waals surface area contributed by atoms with E-state index in [2.05, 4.69) is 26.5 Å². The number of rotatable bonds is 5. The lowest BCUT2D eigenvalue weighted by molar-refractivity contribution is 0.0955. The first-order valence-electron chi connectivity index (χ1n) is 6.65. The van der Waals surface area contributed by atoms with Gasteiger partial charge in [-0.3, -0.25) is 4.79 Å². The minimum Gasteiger partial charge on any atom is -0.507 e. The molecule has 0 aliphatic heterocycles. The van der Waals surface area contributed by atoms with Gasteiger partial charge >= 0.3 is 0 Å². The van der Waals surface area contributed by atoms with Crippen molar-refractivity contribution in [2.24, 2.45) is 5.10 Å². The van der Waals surface area contributed by atoms with E-state index in [1.54, 1.807) is 42.5 Å². The Bertz CT molecular complexity index is 684. The number of hydrogen-bond acceptors (Lipinski definition) is 4. The van der Waals surface area contributed by atoms with Gasteiger partial charge in [-0.15, -0.1) is 0 Å². The van der Waals surface area contributed by atoms with Crippen molar-refractivity contribution in [2.75, 3.05) is 6.61 Å². The number of ether oxygens (including phenoxy) is 1. The standard InChI is InChI=1S/C16H15BrN2O3/c1-2-22-14-6-3-11(4-7-14)16(21)19-18-10-12-9-13(17)5-8-15(12)20/h3-10,20H,2H2,1H3,(H,19,21). The molecule has 0 aliphatic carbocycles. The number of carbonyl (C=O) groups is 1. The molecule has 2 rings (SSSR count). The third kappa shape index (κ3) is 4.33. The van der Waals surface area contributed by atoms with Crippen LogP contribution in [0.25, 0.3) is 0 Å². The maximum atomic E-state index is 11.9. The smallest absolute Gasteiger partial charge is 0.271 e. The van der Waals surface area contributed by atoms with Crippen molar-refractivity contribution in [1.82, 2.24) is 5.43 Å². The fourth-order valence-electron chi connectivity index (χ4n) is 1.72. The highest BCUT2D eigenvalue weighted by Crippen LogP contribution is 2.20. The molecule has 5 nitrogen and oxygen atoms in total. The maximum absolute atomic E-state index is 11.9. The molecule has 0 heterocycles. The Morgan fingerprint density at radius 1 is 1.32 bits per heavy atom. The van der Waals surface area contributed by atoms with Crippen molar-refractivity contribution in [1.29, 1.82) is 0 Å². The van der Waals surface area contributed by atoms with Gasteiger partial charge in [0.2, 0.25) is 0 Å². The summed E-state index contributed by atoms with van der Waals surface area (Å²) in [6.07, 6.45) is 1.38. The summed E-state index contributed by atoms with van der Waals surface area (Å²) in [5.74, 6) is 0.456. The van der Waals surface area contributed by atoms with E-state index in [1.807, 2.05) is 6.92 Å². The third-order valence-corrected chi connectivity index (χ3v) is 3.28. The Morgan fingerprint density at radius 3 is 2.73 bits per heavy atom.